The third-order valence-corrected chi connectivity index (χ3v) is 2.19. The van der Waals surface area contributed by atoms with Gasteiger partial charge < -0.3 is 9.47 Å². The average molecular weight is 190 g/mol. The first-order chi connectivity index (χ1) is 6.75. The maximum absolute atomic E-state index is 5.51. The Morgan fingerprint density at radius 3 is 2.64 bits per heavy atom. The zero-order valence-corrected chi connectivity index (χ0v) is 8.32. The smallest absolute Gasteiger partial charge is 0.119 e. The SMILES string of the molecule is C=C(C)c1ccc(OC[C@H]2CO2)cc1. The number of epoxide rings is 1. The molecule has 1 saturated heterocycles. The Labute approximate surface area is 84.2 Å². The van der Waals surface area contributed by atoms with Gasteiger partial charge in [0, 0.05) is 0 Å². The Kier molecular flexibility index (Phi) is 2.55. The molecular formula is C12H14O2. The van der Waals surface area contributed by atoms with E-state index in [0.29, 0.717) is 12.7 Å². The Bertz CT molecular complexity index is 323. The first-order valence-corrected chi connectivity index (χ1v) is 4.76. The number of allylic oxidation sites excluding steroid dienone is 1. The third kappa shape index (κ3) is 2.36. The molecule has 0 N–H and O–H groups in total. The summed E-state index contributed by atoms with van der Waals surface area (Å²) in [7, 11) is 0. The molecule has 0 amide bonds. The van der Waals surface area contributed by atoms with Crippen molar-refractivity contribution in [2.24, 2.45) is 0 Å². The van der Waals surface area contributed by atoms with E-state index in [1.165, 1.54) is 0 Å². The average Bonchev–Trinajstić information content (AvgIpc) is 2.99. The largest absolute Gasteiger partial charge is 0.491 e. The van der Waals surface area contributed by atoms with Gasteiger partial charge in [-0.05, 0) is 24.6 Å². The van der Waals surface area contributed by atoms with Crippen molar-refractivity contribution in [3.63, 3.8) is 0 Å². The molecule has 0 aliphatic carbocycles. The minimum absolute atomic E-state index is 0.316. The van der Waals surface area contributed by atoms with Crippen LogP contribution in [0.15, 0.2) is 30.8 Å². The summed E-state index contributed by atoms with van der Waals surface area (Å²) in [6.45, 7) is 7.37. The standard InChI is InChI=1S/C12H14O2/c1-9(2)10-3-5-11(6-4-10)13-7-12-8-14-12/h3-6,12H,1,7-8H2,2H3/t12-/m0/s1. The van der Waals surface area contributed by atoms with Crippen molar-refractivity contribution in [1.29, 1.82) is 0 Å². The molecule has 1 fully saturated rings. The minimum Gasteiger partial charge on any atom is -0.491 e. The van der Waals surface area contributed by atoms with Crippen molar-refractivity contribution in [3.8, 4) is 5.75 Å². The van der Waals surface area contributed by atoms with Gasteiger partial charge in [0.1, 0.15) is 18.5 Å². The van der Waals surface area contributed by atoms with Gasteiger partial charge in [-0.1, -0.05) is 24.3 Å². The van der Waals surface area contributed by atoms with Gasteiger partial charge in [0.25, 0.3) is 0 Å². The second-order valence-corrected chi connectivity index (χ2v) is 3.57. The molecule has 1 aromatic carbocycles. The fraction of sp³-hybridized carbons (Fsp3) is 0.333. The van der Waals surface area contributed by atoms with Crippen molar-refractivity contribution in [2.75, 3.05) is 13.2 Å². The number of rotatable bonds is 4. The molecule has 0 radical (unpaired) electrons. The van der Waals surface area contributed by atoms with Gasteiger partial charge in [0.05, 0.1) is 6.61 Å². The number of benzene rings is 1. The molecule has 1 aliphatic rings. The predicted molar refractivity (Wildman–Crippen MR) is 56.4 cm³/mol. The first kappa shape index (κ1) is 9.28. The van der Waals surface area contributed by atoms with Crippen LogP contribution < -0.4 is 4.74 Å². The number of hydrogen-bond donors (Lipinski definition) is 0. The summed E-state index contributed by atoms with van der Waals surface area (Å²) < 4.78 is 10.6. The monoisotopic (exact) mass is 190 g/mol. The lowest BCUT2D eigenvalue weighted by molar-refractivity contribution is 0.263. The van der Waals surface area contributed by atoms with Crippen molar-refractivity contribution in [1.82, 2.24) is 0 Å². The Hall–Kier alpha value is -1.28. The normalized spacial score (nSPS) is 19.1. The first-order valence-electron chi connectivity index (χ1n) is 4.76. The van der Waals surface area contributed by atoms with Crippen LogP contribution in [0.2, 0.25) is 0 Å². The quantitative estimate of drug-likeness (QED) is 0.680. The third-order valence-electron chi connectivity index (χ3n) is 2.19. The molecule has 1 aliphatic heterocycles. The van der Waals surface area contributed by atoms with E-state index in [9.17, 15) is 0 Å². The van der Waals surface area contributed by atoms with Crippen molar-refractivity contribution >= 4 is 5.57 Å². The van der Waals surface area contributed by atoms with E-state index >= 15 is 0 Å². The summed E-state index contributed by atoms with van der Waals surface area (Å²) in [4.78, 5) is 0. The molecule has 1 atom stereocenters. The van der Waals surface area contributed by atoms with Gasteiger partial charge in [-0.2, -0.15) is 0 Å². The molecule has 0 aromatic heterocycles. The van der Waals surface area contributed by atoms with E-state index in [0.717, 1.165) is 23.5 Å². The van der Waals surface area contributed by atoms with Gasteiger partial charge in [-0.3, -0.25) is 0 Å². The van der Waals surface area contributed by atoms with Crippen LogP contribution >= 0.6 is 0 Å². The van der Waals surface area contributed by atoms with Crippen LogP contribution in [0.3, 0.4) is 0 Å². The predicted octanol–water partition coefficient (Wildman–Crippen LogP) is 2.50. The number of hydrogen-bond acceptors (Lipinski definition) is 2. The second kappa shape index (κ2) is 3.84. The molecule has 0 saturated carbocycles. The summed E-state index contributed by atoms with van der Waals surface area (Å²) in [6.07, 6.45) is 0.316. The summed E-state index contributed by atoms with van der Waals surface area (Å²) in [5, 5.41) is 0. The summed E-state index contributed by atoms with van der Waals surface area (Å²) in [6, 6.07) is 7.97. The van der Waals surface area contributed by atoms with Crippen LogP contribution in [0.25, 0.3) is 5.57 Å². The molecule has 0 unspecified atom stereocenters. The summed E-state index contributed by atoms with van der Waals surface area (Å²) in [5.74, 6) is 0.894. The van der Waals surface area contributed by atoms with Gasteiger partial charge in [0.15, 0.2) is 0 Å². The maximum atomic E-state index is 5.51. The highest BCUT2D eigenvalue weighted by Gasteiger charge is 2.22. The van der Waals surface area contributed by atoms with Gasteiger partial charge in [-0.15, -0.1) is 0 Å². The van der Waals surface area contributed by atoms with E-state index in [-0.39, 0.29) is 0 Å². The Balaban J connectivity index is 1.94. The lowest BCUT2D eigenvalue weighted by atomic mass is 10.1. The van der Waals surface area contributed by atoms with E-state index in [2.05, 4.69) is 6.58 Å². The van der Waals surface area contributed by atoms with Crippen LogP contribution in [0.5, 0.6) is 5.75 Å². The van der Waals surface area contributed by atoms with Crippen molar-refractivity contribution in [2.45, 2.75) is 13.0 Å². The highest BCUT2D eigenvalue weighted by Crippen LogP contribution is 2.18. The highest BCUT2D eigenvalue weighted by molar-refractivity contribution is 5.61. The fourth-order valence-corrected chi connectivity index (χ4v) is 1.19. The Morgan fingerprint density at radius 2 is 2.14 bits per heavy atom. The summed E-state index contributed by atoms with van der Waals surface area (Å²) in [5.41, 5.74) is 2.22. The lowest BCUT2D eigenvalue weighted by Gasteiger charge is -2.05. The van der Waals surface area contributed by atoms with Crippen molar-refractivity contribution < 1.29 is 9.47 Å². The van der Waals surface area contributed by atoms with Gasteiger partial charge in [0.2, 0.25) is 0 Å². The molecular weight excluding hydrogens is 176 g/mol. The van der Waals surface area contributed by atoms with Crippen molar-refractivity contribution in [3.05, 3.63) is 36.4 Å². The Morgan fingerprint density at radius 1 is 1.50 bits per heavy atom. The van der Waals surface area contributed by atoms with E-state index in [1.54, 1.807) is 0 Å². The van der Waals surface area contributed by atoms with Crippen LogP contribution in [0, 0.1) is 0 Å². The van der Waals surface area contributed by atoms with Gasteiger partial charge >= 0.3 is 0 Å². The van der Waals surface area contributed by atoms with Crippen LogP contribution in [-0.2, 0) is 4.74 Å². The van der Waals surface area contributed by atoms with Gasteiger partial charge in [-0.25, -0.2) is 0 Å². The molecule has 0 spiro atoms. The summed E-state index contributed by atoms with van der Waals surface area (Å²) >= 11 is 0. The number of ether oxygens (including phenoxy) is 2. The van der Waals surface area contributed by atoms with E-state index in [1.807, 2.05) is 31.2 Å². The maximum Gasteiger partial charge on any atom is 0.119 e. The zero-order valence-electron chi connectivity index (χ0n) is 8.32. The fourth-order valence-electron chi connectivity index (χ4n) is 1.19. The van der Waals surface area contributed by atoms with E-state index in [4.69, 9.17) is 9.47 Å². The lowest BCUT2D eigenvalue weighted by Crippen LogP contribution is -2.03. The minimum atomic E-state index is 0.316. The van der Waals surface area contributed by atoms with Crippen LogP contribution in [-0.4, -0.2) is 19.3 Å². The molecule has 1 aromatic rings. The topological polar surface area (TPSA) is 21.8 Å². The second-order valence-electron chi connectivity index (χ2n) is 3.57. The molecule has 74 valence electrons. The molecule has 2 nitrogen and oxygen atoms in total. The molecule has 2 heteroatoms. The van der Waals surface area contributed by atoms with Crippen LogP contribution in [0.4, 0.5) is 0 Å². The molecule has 0 bridgehead atoms. The van der Waals surface area contributed by atoms with Crippen LogP contribution in [0.1, 0.15) is 12.5 Å². The molecule has 1 heterocycles. The molecule has 2 rings (SSSR count). The highest BCUT2D eigenvalue weighted by atomic mass is 16.6. The molecule has 14 heavy (non-hydrogen) atoms. The van der Waals surface area contributed by atoms with E-state index < -0.39 is 0 Å². The zero-order chi connectivity index (χ0) is 9.97.